The molecule has 0 aliphatic carbocycles. The number of nitrogens with two attached hydrogens (primary N) is 1. The van der Waals surface area contributed by atoms with Crippen LogP contribution in [0, 0.1) is 5.92 Å². The molecule has 6 nitrogen and oxygen atoms in total. The average Bonchev–Trinajstić information content (AvgIpc) is 2.45. The average molecular weight is 298 g/mol. The van der Waals surface area contributed by atoms with Gasteiger partial charge in [-0.2, -0.15) is 0 Å². The van der Waals surface area contributed by atoms with E-state index in [1.54, 1.807) is 6.07 Å². The van der Waals surface area contributed by atoms with E-state index >= 15 is 0 Å². The van der Waals surface area contributed by atoms with Crippen LogP contribution in [-0.4, -0.2) is 34.1 Å². The highest BCUT2D eigenvalue weighted by molar-refractivity contribution is 7.89. The molecule has 1 saturated heterocycles. The van der Waals surface area contributed by atoms with Gasteiger partial charge in [-0.05, 0) is 37.0 Å². The van der Waals surface area contributed by atoms with E-state index in [0.29, 0.717) is 19.1 Å². The molecule has 110 valence electrons. The lowest BCUT2D eigenvalue weighted by molar-refractivity contribution is 0.0536. The number of rotatable bonds is 4. The number of hydrogen-bond donors (Lipinski definition) is 2. The molecule has 0 spiro atoms. The van der Waals surface area contributed by atoms with E-state index in [4.69, 9.17) is 9.88 Å². The van der Waals surface area contributed by atoms with Gasteiger partial charge in [0, 0.05) is 18.7 Å². The first-order valence-electron chi connectivity index (χ1n) is 6.45. The van der Waals surface area contributed by atoms with Gasteiger partial charge in [-0.25, -0.2) is 13.6 Å². The van der Waals surface area contributed by atoms with E-state index in [-0.39, 0.29) is 16.4 Å². The standard InChI is InChI=1S/C13H18N2O4S/c14-20(17,18)12-5-1-4-11(7-12)13(16)15-8-10-3-2-6-19-9-10/h1,4-5,7,10H,2-3,6,8-9H2,(H,15,16)(H2,14,17,18)/t10-/m0/s1. The zero-order chi connectivity index (χ0) is 14.6. The monoisotopic (exact) mass is 298 g/mol. The Morgan fingerprint density at radius 3 is 2.90 bits per heavy atom. The quantitative estimate of drug-likeness (QED) is 0.845. The molecule has 20 heavy (non-hydrogen) atoms. The SMILES string of the molecule is NS(=O)(=O)c1cccc(C(=O)NC[C@@H]2CCCOC2)c1. The van der Waals surface area contributed by atoms with Gasteiger partial charge in [0.2, 0.25) is 10.0 Å². The third-order valence-corrected chi connectivity index (χ3v) is 4.14. The summed E-state index contributed by atoms with van der Waals surface area (Å²) >= 11 is 0. The van der Waals surface area contributed by atoms with E-state index in [1.807, 2.05) is 0 Å². The van der Waals surface area contributed by atoms with Crippen LogP contribution in [0.2, 0.25) is 0 Å². The van der Waals surface area contributed by atoms with Gasteiger partial charge in [0.15, 0.2) is 0 Å². The fraction of sp³-hybridized carbons (Fsp3) is 0.462. The molecule has 1 aliphatic rings. The Hall–Kier alpha value is -1.44. The zero-order valence-corrected chi connectivity index (χ0v) is 11.9. The van der Waals surface area contributed by atoms with Gasteiger partial charge in [-0.15, -0.1) is 0 Å². The molecule has 1 aromatic carbocycles. The molecule has 1 atom stereocenters. The Kier molecular flexibility index (Phi) is 4.74. The first-order chi connectivity index (χ1) is 9.47. The van der Waals surface area contributed by atoms with Crippen molar-refractivity contribution >= 4 is 15.9 Å². The van der Waals surface area contributed by atoms with Crippen LogP contribution in [0.3, 0.4) is 0 Å². The highest BCUT2D eigenvalue weighted by Crippen LogP contribution is 2.13. The highest BCUT2D eigenvalue weighted by atomic mass is 32.2. The van der Waals surface area contributed by atoms with Crippen LogP contribution in [0.1, 0.15) is 23.2 Å². The molecule has 0 bridgehead atoms. The fourth-order valence-electron chi connectivity index (χ4n) is 2.12. The summed E-state index contributed by atoms with van der Waals surface area (Å²) in [4.78, 5) is 11.9. The minimum absolute atomic E-state index is 0.0638. The minimum Gasteiger partial charge on any atom is -0.381 e. The molecular formula is C13H18N2O4S. The normalized spacial score (nSPS) is 19.6. The molecule has 7 heteroatoms. The number of ether oxygens (including phenoxy) is 1. The molecule has 0 aromatic heterocycles. The highest BCUT2D eigenvalue weighted by Gasteiger charge is 2.16. The van der Waals surface area contributed by atoms with Crippen molar-refractivity contribution in [1.29, 1.82) is 0 Å². The minimum atomic E-state index is -3.79. The molecule has 1 fully saturated rings. The molecule has 3 N–H and O–H groups in total. The van der Waals surface area contributed by atoms with Crippen LogP contribution in [0.5, 0.6) is 0 Å². The number of hydrogen-bond acceptors (Lipinski definition) is 4. The Labute approximate surface area is 118 Å². The van der Waals surface area contributed by atoms with E-state index in [1.165, 1.54) is 18.2 Å². The zero-order valence-electron chi connectivity index (χ0n) is 11.0. The van der Waals surface area contributed by atoms with Gasteiger partial charge < -0.3 is 10.1 Å². The molecule has 1 amide bonds. The maximum atomic E-state index is 12.0. The summed E-state index contributed by atoms with van der Waals surface area (Å²) in [5.41, 5.74) is 0.285. The van der Waals surface area contributed by atoms with Crippen molar-refractivity contribution < 1.29 is 17.9 Å². The predicted octanol–water partition coefficient (Wildman–Crippen LogP) is 0.490. The van der Waals surface area contributed by atoms with Crippen molar-refractivity contribution in [1.82, 2.24) is 5.32 Å². The third kappa shape index (κ3) is 4.03. The Balaban J connectivity index is 1.98. The summed E-state index contributed by atoms with van der Waals surface area (Å²) in [6, 6.07) is 5.70. The van der Waals surface area contributed by atoms with Gasteiger partial charge >= 0.3 is 0 Å². The van der Waals surface area contributed by atoms with Crippen molar-refractivity contribution in [3.63, 3.8) is 0 Å². The molecule has 0 radical (unpaired) electrons. The van der Waals surface area contributed by atoms with Crippen LogP contribution in [-0.2, 0) is 14.8 Å². The van der Waals surface area contributed by atoms with E-state index in [9.17, 15) is 13.2 Å². The summed E-state index contributed by atoms with van der Waals surface area (Å²) < 4.78 is 27.8. The van der Waals surface area contributed by atoms with Crippen molar-refractivity contribution in [3.05, 3.63) is 29.8 Å². The van der Waals surface area contributed by atoms with E-state index in [0.717, 1.165) is 19.4 Å². The van der Waals surface area contributed by atoms with Crippen molar-refractivity contribution in [2.45, 2.75) is 17.7 Å². The van der Waals surface area contributed by atoms with Crippen molar-refractivity contribution in [3.8, 4) is 0 Å². The van der Waals surface area contributed by atoms with E-state index < -0.39 is 10.0 Å². The second-order valence-electron chi connectivity index (χ2n) is 4.87. The smallest absolute Gasteiger partial charge is 0.251 e. The summed E-state index contributed by atoms with van der Waals surface area (Å²) in [6.45, 7) is 1.96. The lowest BCUT2D eigenvalue weighted by Crippen LogP contribution is -2.33. The topological polar surface area (TPSA) is 98.5 Å². The molecule has 1 aromatic rings. The van der Waals surface area contributed by atoms with Crippen LogP contribution < -0.4 is 10.5 Å². The van der Waals surface area contributed by atoms with Gasteiger partial charge in [0.25, 0.3) is 5.91 Å². The number of carbonyl (C=O) groups is 1. The van der Waals surface area contributed by atoms with Crippen LogP contribution in [0.4, 0.5) is 0 Å². The summed E-state index contributed by atoms with van der Waals surface area (Å²) in [5, 5.41) is 7.83. The number of primary sulfonamides is 1. The molecule has 1 heterocycles. The maximum absolute atomic E-state index is 12.0. The molecule has 2 rings (SSSR count). The Bertz CT molecular complexity index is 580. The number of amides is 1. The fourth-order valence-corrected chi connectivity index (χ4v) is 2.68. The number of nitrogens with one attached hydrogen (secondary N) is 1. The summed E-state index contributed by atoms with van der Waals surface area (Å²) in [5.74, 6) is 0.00944. The van der Waals surface area contributed by atoms with Crippen molar-refractivity contribution in [2.75, 3.05) is 19.8 Å². The van der Waals surface area contributed by atoms with Gasteiger partial charge in [-0.1, -0.05) is 6.07 Å². The number of carbonyl (C=O) groups excluding carboxylic acids is 1. The van der Waals surface area contributed by atoms with Gasteiger partial charge in [0.1, 0.15) is 0 Å². The predicted molar refractivity (Wildman–Crippen MR) is 73.7 cm³/mol. The van der Waals surface area contributed by atoms with Crippen LogP contribution in [0.25, 0.3) is 0 Å². The summed E-state index contributed by atoms with van der Waals surface area (Å²) in [6.07, 6.45) is 2.03. The first kappa shape index (κ1) is 15.0. The van der Waals surface area contributed by atoms with Crippen LogP contribution in [0.15, 0.2) is 29.2 Å². The molecule has 0 unspecified atom stereocenters. The maximum Gasteiger partial charge on any atom is 0.251 e. The third-order valence-electron chi connectivity index (χ3n) is 3.23. The Morgan fingerprint density at radius 2 is 2.25 bits per heavy atom. The summed E-state index contributed by atoms with van der Waals surface area (Å²) in [7, 11) is -3.79. The Morgan fingerprint density at radius 1 is 1.45 bits per heavy atom. The molecular weight excluding hydrogens is 280 g/mol. The molecule has 1 aliphatic heterocycles. The van der Waals surface area contributed by atoms with Crippen molar-refractivity contribution in [2.24, 2.45) is 11.1 Å². The first-order valence-corrected chi connectivity index (χ1v) is 8.00. The second kappa shape index (κ2) is 6.34. The van der Waals surface area contributed by atoms with E-state index in [2.05, 4.69) is 5.32 Å². The van der Waals surface area contributed by atoms with Gasteiger partial charge in [-0.3, -0.25) is 4.79 Å². The van der Waals surface area contributed by atoms with Crippen LogP contribution >= 0.6 is 0 Å². The second-order valence-corrected chi connectivity index (χ2v) is 6.43. The largest absolute Gasteiger partial charge is 0.381 e. The van der Waals surface area contributed by atoms with Gasteiger partial charge in [0.05, 0.1) is 11.5 Å². The number of sulfonamides is 1. The lowest BCUT2D eigenvalue weighted by atomic mass is 10.0. The lowest BCUT2D eigenvalue weighted by Gasteiger charge is -2.22. The number of benzene rings is 1. The molecule has 0 saturated carbocycles.